The van der Waals surface area contributed by atoms with Gasteiger partial charge in [-0.1, -0.05) is 0 Å². The second-order valence-electron chi connectivity index (χ2n) is 6.76. The summed E-state index contributed by atoms with van der Waals surface area (Å²) in [6.45, 7) is -0.0595. The average Bonchev–Trinajstić information content (AvgIpc) is 3.28. The van der Waals surface area contributed by atoms with E-state index in [0.717, 1.165) is 0 Å². The summed E-state index contributed by atoms with van der Waals surface area (Å²) in [6.07, 6.45) is 2.98. The first kappa shape index (κ1) is 24.0. The molecule has 1 unspecified atom stereocenters. The summed E-state index contributed by atoms with van der Waals surface area (Å²) < 4.78 is 5.20. The first-order chi connectivity index (χ1) is 14.8. The summed E-state index contributed by atoms with van der Waals surface area (Å²) >= 11 is 0. The summed E-state index contributed by atoms with van der Waals surface area (Å²) in [5, 5.41) is 25.7. The van der Waals surface area contributed by atoms with Gasteiger partial charge >= 0.3 is 6.03 Å². The normalized spacial score (nSPS) is 16.6. The molecule has 0 saturated carbocycles. The van der Waals surface area contributed by atoms with Crippen molar-refractivity contribution in [2.45, 2.75) is 24.5 Å². The molecular formula is C17H27N7O7. The minimum absolute atomic E-state index is 0.0196. The molecule has 1 aromatic heterocycles. The number of aliphatic hydroxyl groups excluding tert-OH is 2. The maximum atomic E-state index is 12.8. The third-order valence-corrected chi connectivity index (χ3v) is 4.54. The lowest BCUT2D eigenvalue weighted by molar-refractivity contribution is -0.133. The lowest BCUT2D eigenvalue weighted by Crippen LogP contribution is -2.59. The van der Waals surface area contributed by atoms with Crippen LogP contribution in [0.25, 0.3) is 0 Å². The van der Waals surface area contributed by atoms with E-state index in [1.54, 1.807) is 6.20 Å². The van der Waals surface area contributed by atoms with Crippen molar-refractivity contribution in [3.05, 3.63) is 18.2 Å². The molecule has 1 aliphatic rings. The van der Waals surface area contributed by atoms with Gasteiger partial charge in [0.1, 0.15) is 18.1 Å². The van der Waals surface area contributed by atoms with Crippen LogP contribution in [0.15, 0.2) is 12.5 Å². The number of nitrogens with two attached hydrogens (primary N) is 1. The monoisotopic (exact) mass is 441 g/mol. The van der Waals surface area contributed by atoms with Gasteiger partial charge in [0.2, 0.25) is 17.7 Å². The number of carbonyl (C=O) groups excluding carboxylic acids is 4. The molecule has 14 nitrogen and oxygen atoms in total. The predicted octanol–water partition coefficient (Wildman–Crippen LogP) is -4.20. The van der Waals surface area contributed by atoms with E-state index in [-0.39, 0.29) is 6.42 Å². The Morgan fingerprint density at radius 1 is 1.06 bits per heavy atom. The fraction of sp³-hybridized carbons (Fsp3) is 0.588. The molecule has 1 aromatic rings. The third-order valence-electron chi connectivity index (χ3n) is 4.54. The van der Waals surface area contributed by atoms with Gasteiger partial charge in [-0.2, -0.15) is 0 Å². The number of aromatic amines is 1. The third kappa shape index (κ3) is 7.20. The van der Waals surface area contributed by atoms with E-state index in [1.807, 2.05) is 0 Å². The van der Waals surface area contributed by atoms with Crippen LogP contribution in [-0.4, -0.2) is 106 Å². The number of hydrogen-bond acceptors (Lipinski definition) is 8. The second-order valence-corrected chi connectivity index (χ2v) is 6.76. The number of rotatable bonds is 10. The van der Waals surface area contributed by atoms with Crippen molar-refractivity contribution >= 4 is 23.8 Å². The molecular weight excluding hydrogens is 414 g/mol. The van der Waals surface area contributed by atoms with Crippen LogP contribution in [0, 0.1) is 0 Å². The zero-order chi connectivity index (χ0) is 22.8. The van der Waals surface area contributed by atoms with Gasteiger partial charge in [-0.15, -0.1) is 0 Å². The van der Waals surface area contributed by atoms with Gasteiger partial charge in [0.15, 0.2) is 0 Å². The number of hydrogen-bond donors (Lipinski definition) is 7. The van der Waals surface area contributed by atoms with Gasteiger partial charge in [0.25, 0.3) is 0 Å². The molecule has 1 aliphatic heterocycles. The average molecular weight is 441 g/mol. The van der Waals surface area contributed by atoms with Crippen molar-refractivity contribution in [2.75, 3.05) is 39.5 Å². The fourth-order valence-corrected chi connectivity index (χ4v) is 2.77. The van der Waals surface area contributed by atoms with Gasteiger partial charge in [-0.3, -0.25) is 14.4 Å². The molecule has 8 N–H and O–H groups in total. The Hall–Kier alpha value is -3.23. The Bertz CT molecular complexity index is 752. The van der Waals surface area contributed by atoms with Crippen LogP contribution in [0.4, 0.5) is 4.79 Å². The van der Waals surface area contributed by atoms with Crippen LogP contribution < -0.4 is 21.7 Å². The SMILES string of the molecule is NC(=O)[C@@H](CO)NC(=O)C(CO)NC(=O)[C@@H](Cc1c[nH]cn1)NC(=O)N1CCOCC1. The fourth-order valence-electron chi connectivity index (χ4n) is 2.77. The number of morpholine rings is 1. The van der Waals surface area contributed by atoms with Gasteiger partial charge in [0.05, 0.1) is 38.4 Å². The molecule has 0 aromatic carbocycles. The molecule has 0 aliphatic carbocycles. The smallest absolute Gasteiger partial charge is 0.318 e. The topological polar surface area (TPSA) is 212 Å². The standard InChI is InChI=1S/C17H27N7O7/c18-14(27)12(7-25)21-16(29)13(8-26)22-15(28)11(5-10-6-19-9-20-10)23-17(30)24-1-3-31-4-2-24/h6,9,11-13,25-26H,1-5,7-8H2,(H2,18,27)(H,19,20)(H,21,29)(H,22,28)(H,23,30)/t11-,12-,13?/m1/s1. The molecule has 2 rings (SSSR count). The Kier molecular flexibility index (Phi) is 9.17. The maximum Gasteiger partial charge on any atom is 0.318 e. The molecule has 31 heavy (non-hydrogen) atoms. The summed E-state index contributed by atoms with van der Waals surface area (Å²) in [5.74, 6) is -2.65. The minimum atomic E-state index is -1.44. The molecule has 0 radical (unpaired) electrons. The number of amides is 5. The van der Waals surface area contributed by atoms with E-state index in [1.165, 1.54) is 11.2 Å². The highest BCUT2D eigenvalue weighted by molar-refractivity contribution is 5.94. The lowest BCUT2D eigenvalue weighted by Gasteiger charge is -2.29. The number of aliphatic hydroxyl groups is 2. The molecule has 2 heterocycles. The van der Waals surface area contributed by atoms with E-state index < -0.39 is 55.1 Å². The van der Waals surface area contributed by atoms with Crippen LogP contribution in [0.2, 0.25) is 0 Å². The largest absolute Gasteiger partial charge is 0.394 e. The lowest BCUT2D eigenvalue weighted by atomic mass is 10.1. The number of H-pyrrole nitrogens is 1. The summed E-state index contributed by atoms with van der Waals surface area (Å²) in [6, 6.07) is -4.41. The van der Waals surface area contributed by atoms with Gasteiger partial charge in [-0.05, 0) is 0 Å². The highest BCUT2D eigenvalue weighted by atomic mass is 16.5. The number of ether oxygens (including phenoxy) is 1. The molecule has 1 saturated heterocycles. The van der Waals surface area contributed by atoms with Crippen LogP contribution in [0.1, 0.15) is 5.69 Å². The molecule has 1 fully saturated rings. The highest BCUT2D eigenvalue weighted by Crippen LogP contribution is 2.03. The second kappa shape index (κ2) is 11.8. The van der Waals surface area contributed by atoms with Crippen molar-refractivity contribution in [1.82, 2.24) is 30.8 Å². The number of carbonyl (C=O) groups is 4. The van der Waals surface area contributed by atoms with Crippen molar-refractivity contribution in [2.24, 2.45) is 5.73 Å². The number of nitrogens with one attached hydrogen (secondary N) is 4. The van der Waals surface area contributed by atoms with Gasteiger partial charge < -0.3 is 46.5 Å². The molecule has 0 spiro atoms. The zero-order valence-corrected chi connectivity index (χ0v) is 16.7. The number of nitrogens with zero attached hydrogens (tertiary/aromatic N) is 2. The Balaban J connectivity index is 2.06. The highest BCUT2D eigenvalue weighted by Gasteiger charge is 2.30. The van der Waals surface area contributed by atoms with Crippen LogP contribution in [0.3, 0.4) is 0 Å². The number of aromatic nitrogens is 2. The van der Waals surface area contributed by atoms with Crippen LogP contribution in [-0.2, 0) is 25.5 Å². The number of primary amides is 1. The van der Waals surface area contributed by atoms with E-state index in [9.17, 15) is 24.3 Å². The predicted molar refractivity (Wildman–Crippen MR) is 104 cm³/mol. The van der Waals surface area contributed by atoms with Gasteiger partial charge in [0, 0.05) is 25.7 Å². The first-order valence-corrected chi connectivity index (χ1v) is 9.58. The van der Waals surface area contributed by atoms with E-state index in [0.29, 0.717) is 32.0 Å². The Labute approximate surface area is 177 Å². The van der Waals surface area contributed by atoms with E-state index in [2.05, 4.69) is 25.9 Å². The maximum absolute atomic E-state index is 12.8. The van der Waals surface area contributed by atoms with Crippen LogP contribution >= 0.6 is 0 Å². The number of imidazole rings is 1. The molecule has 0 bridgehead atoms. The van der Waals surface area contributed by atoms with Crippen molar-refractivity contribution in [3.8, 4) is 0 Å². The molecule has 3 atom stereocenters. The zero-order valence-electron chi connectivity index (χ0n) is 16.7. The minimum Gasteiger partial charge on any atom is -0.394 e. The van der Waals surface area contributed by atoms with Crippen LogP contribution in [0.5, 0.6) is 0 Å². The van der Waals surface area contributed by atoms with Gasteiger partial charge in [-0.25, -0.2) is 9.78 Å². The Morgan fingerprint density at radius 3 is 2.23 bits per heavy atom. The summed E-state index contributed by atoms with van der Waals surface area (Å²) in [4.78, 5) is 57.1. The van der Waals surface area contributed by atoms with Crippen molar-refractivity contribution < 1.29 is 34.1 Å². The van der Waals surface area contributed by atoms with Crippen molar-refractivity contribution in [1.29, 1.82) is 0 Å². The molecule has 5 amide bonds. The first-order valence-electron chi connectivity index (χ1n) is 9.58. The molecule has 14 heteroatoms. The summed E-state index contributed by atoms with van der Waals surface area (Å²) in [5.41, 5.74) is 5.54. The molecule has 172 valence electrons. The van der Waals surface area contributed by atoms with E-state index in [4.69, 9.17) is 15.6 Å². The summed E-state index contributed by atoms with van der Waals surface area (Å²) in [7, 11) is 0. The Morgan fingerprint density at radius 2 is 1.68 bits per heavy atom. The van der Waals surface area contributed by atoms with E-state index >= 15 is 0 Å². The van der Waals surface area contributed by atoms with Crippen molar-refractivity contribution in [3.63, 3.8) is 0 Å². The quantitative estimate of drug-likeness (QED) is 0.189. The number of urea groups is 1.